The molecule has 0 bridgehead atoms. The molecule has 0 saturated carbocycles. The average Bonchev–Trinajstić information content (AvgIpc) is 2.95. The van der Waals surface area contributed by atoms with Crippen molar-refractivity contribution in [3.8, 4) is 11.5 Å². The molecule has 0 heterocycles. The Bertz CT molecular complexity index is 1280. The summed E-state index contributed by atoms with van der Waals surface area (Å²) in [6.45, 7) is 2.28. The molecule has 0 aromatic heterocycles. The van der Waals surface area contributed by atoms with Gasteiger partial charge in [-0.15, -0.1) is 0 Å². The van der Waals surface area contributed by atoms with E-state index in [9.17, 15) is 32.3 Å². The van der Waals surface area contributed by atoms with Crippen LogP contribution in [0, 0.1) is 5.82 Å². The maximum atomic E-state index is 13.1. The lowest BCUT2D eigenvalue weighted by Gasteiger charge is -2.22. The van der Waals surface area contributed by atoms with Crippen molar-refractivity contribution in [2.75, 3.05) is 32.9 Å². The standard InChI is InChI=1S/C30H31F4NO7/c1-2-40-27(28(36)37)18-21-8-12-25(13-9-21)41-17-15-35(14-16-39-20-22-6-10-24(31)11-7-22)29(38)42-26-5-3-4-23(19-26)30(32,33)34/h3-13,19,27H,2,14-18,20H2,1H3,(H,36,37). The fraction of sp³-hybridized carbons (Fsp3) is 0.333. The van der Waals surface area contributed by atoms with Crippen LogP contribution in [0.5, 0.6) is 11.5 Å². The molecule has 0 fully saturated rings. The highest BCUT2D eigenvalue weighted by Crippen LogP contribution is 2.31. The van der Waals surface area contributed by atoms with Gasteiger partial charge in [-0.3, -0.25) is 0 Å². The van der Waals surface area contributed by atoms with Gasteiger partial charge in [0.2, 0.25) is 0 Å². The zero-order valence-electron chi connectivity index (χ0n) is 22.8. The smallest absolute Gasteiger partial charge is 0.416 e. The molecule has 8 nitrogen and oxygen atoms in total. The molecule has 3 aromatic carbocycles. The maximum Gasteiger partial charge on any atom is 0.416 e. The second-order valence-corrected chi connectivity index (χ2v) is 9.04. The first-order valence-electron chi connectivity index (χ1n) is 13.1. The van der Waals surface area contributed by atoms with Gasteiger partial charge in [0.15, 0.2) is 6.10 Å². The number of rotatable bonds is 15. The maximum absolute atomic E-state index is 13.1. The molecule has 42 heavy (non-hydrogen) atoms. The number of aliphatic carboxylic acids is 1. The van der Waals surface area contributed by atoms with Gasteiger partial charge in [-0.25, -0.2) is 14.0 Å². The van der Waals surface area contributed by atoms with Crippen LogP contribution in [-0.2, 0) is 33.5 Å². The zero-order chi connectivity index (χ0) is 30.5. The summed E-state index contributed by atoms with van der Waals surface area (Å²) in [4.78, 5) is 25.4. The second kappa shape index (κ2) is 15.7. The first kappa shape index (κ1) is 32.4. The number of carbonyl (C=O) groups is 2. The van der Waals surface area contributed by atoms with Gasteiger partial charge in [-0.05, 0) is 60.5 Å². The van der Waals surface area contributed by atoms with Crippen LogP contribution in [0.3, 0.4) is 0 Å². The Morgan fingerprint density at radius 3 is 2.21 bits per heavy atom. The third kappa shape index (κ3) is 10.7. The quantitative estimate of drug-likeness (QED) is 0.171. The van der Waals surface area contributed by atoms with E-state index in [0.29, 0.717) is 5.75 Å². The first-order chi connectivity index (χ1) is 20.0. The predicted octanol–water partition coefficient (Wildman–Crippen LogP) is 5.97. The van der Waals surface area contributed by atoms with Gasteiger partial charge < -0.3 is 29.0 Å². The fourth-order valence-corrected chi connectivity index (χ4v) is 3.77. The minimum absolute atomic E-state index is 0.0187. The summed E-state index contributed by atoms with van der Waals surface area (Å²) in [6, 6.07) is 16.4. The average molecular weight is 594 g/mol. The molecule has 0 aliphatic rings. The number of hydrogen-bond acceptors (Lipinski definition) is 6. The van der Waals surface area contributed by atoms with Crippen molar-refractivity contribution in [3.63, 3.8) is 0 Å². The van der Waals surface area contributed by atoms with Crippen molar-refractivity contribution >= 4 is 12.1 Å². The van der Waals surface area contributed by atoms with E-state index in [4.69, 9.17) is 18.9 Å². The number of nitrogens with zero attached hydrogens (tertiary/aromatic N) is 1. The van der Waals surface area contributed by atoms with Crippen molar-refractivity contribution in [3.05, 3.63) is 95.3 Å². The van der Waals surface area contributed by atoms with Gasteiger partial charge in [0.05, 0.1) is 25.3 Å². The van der Waals surface area contributed by atoms with E-state index >= 15 is 0 Å². The third-order valence-corrected chi connectivity index (χ3v) is 5.93. The van der Waals surface area contributed by atoms with Crippen LogP contribution < -0.4 is 9.47 Å². The van der Waals surface area contributed by atoms with Crippen molar-refractivity contribution < 1.29 is 51.2 Å². The lowest BCUT2D eigenvalue weighted by Crippen LogP contribution is -2.39. The Labute approximate surface area is 240 Å². The number of carboxylic acids is 1. The molecule has 1 atom stereocenters. The number of ether oxygens (including phenoxy) is 4. The lowest BCUT2D eigenvalue weighted by molar-refractivity contribution is -0.150. The highest BCUT2D eigenvalue weighted by atomic mass is 19.4. The number of amides is 1. The zero-order valence-corrected chi connectivity index (χ0v) is 22.8. The van der Waals surface area contributed by atoms with Crippen molar-refractivity contribution in [2.45, 2.75) is 32.2 Å². The molecule has 1 unspecified atom stereocenters. The number of hydrogen-bond donors (Lipinski definition) is 1. The molecule has 0 aliphatic carbocycles. The molecule has 0 spiro atoms. The van der Waals surface area contributed by atoms with E-state index < -0.39 is 29.9 Å². The van der Waals surface area contributed by atoms with Gasteiger partial charge in [0.1, 0.15) is 23.9 Å². The van der Waals surface area contributed by atoms with Gasteiger partial charge in [-0.1, -0.05) is 30.3 Å². The third-order valence-electron chi connectivity index (χ3n) is 5.93. The Morgan fingerprint density at radius 1 is 0.905 bits per heavy atom. The number of benzene rings is 3. The SMILES string of the molecule is CCOC(Cc1ccc(OCCN(CCOCc2ccc(F)cc2)C(=O)Oc2cccc(C(F)(F)F)c2)cc1)C(=O)O. The first-order valence-corrected chi connectivity index (χ1v) is 13.1. The lowest BCUT2D eigenvalue weighted by atomic mass is 10.1. The van der Waals surface area contributed by atoms with Gasteiger partial charge in [0, 0.05) is 19.6 Å². The second-order valence-electron chi connectivity index (χ2n) is 9.04. The molecule has 3 aromatic rings. The summed E-state index contributed by atoms with van der Waals surface area (Å²) in [7, 11) is 0. The van der Waals surface area contributed by atoms with Crippen LogP contribution in [0.15, 0.2) is 72.8 Å². The van der Waals surface area contributed by atoms with Crippen LogP contribution in [0.1, 0.15) is 23.6 Å². The summed E-state index contributed by atoms with van der Waals surface area (Å²) >= 11 is 0. The normalized spacial score (nSPS) is 12.0. The molecule has 226 valence electrons. The van der Waals surface area contributed by atoms with Gasteiger partial charge in [-0.2, -0.15) is 13.2 Å². The van der Waals surface area contributed by atoms with Gasteiger partial charge in [0.25, 0.3) is 0 Å². The molecule has 0 saturated heterocycles. The molecule has 0 aliphatic heterocycles. The van der Waals surface area contributed by atoms with Gasteiger partial charge >= 0.3 is 18.2 Å². The van der Waals surface area contributed by atoms with Crippen LogP contribution in [0.2, 0.25) is 0 Å². The highest BCUT2D eigenvalue weighted by Gasteiger charge is 2.31. The fourth-order valence-electron chi connectivity index (χ4n) is 3.77. The Morgan fingerprint density at radius 2 is 1.57 bits per heavy atom. The monoisotopic (exact) mass is 593 g/mol. The van der Waals surface area contributed by atoms with Crippen molar-refractivity contribution in [2.24, 2.45) is 0 Å². The molecular formula is C30H31F4NO7. The summed E-state index contributed by atoms with van der Waals surface area (Å²) in [6.07, 6.45) is -6.29. The number of alkyl halides is 3. The van der Waals surface area contributed by atoms with Crippen molar-refractivity contribution in [1.29, 1.82) is 0 Å². The van der Waals surface area contributed by atoms with Crippen LogP contribution >= 0.6 is 0 Å². The molecule has 1 amide bonds. The molecular weight excluding hydrogens is 562 g/mol. The molecule has 12 heteroatoms. The van der Waals surface area contributed by atoms with Crippen LogP contribution in [0.4, 0.5) is 22.4 Å². The molecule has 1 N–H and O–H groups in total. The van der Waals surface area contributed by atoms with Crippen LogP contribution in [-0.4, -0.2) is 61.1 Å². The Hall–Kier alpha value is -4.16. The van der Waals surface area contributed by atoms with E-state index in [2.05, 4.69) is 0 Å². The number of halogens is 4. The van der Waals surface area contributed by atoms with E-state index in [1.54, 1.807) is 43.3 Å². The van der Waals surface area contributed by atoms with Crippen LogP contribution in [0.25, 0.3) is 0 Å². The minimum atomic E-state index is -4.60. The predicted molar refractivity (Wildman–Crippen MR) is 144 cm³/mol. The van der Waals surface area contributed by atoms with E-state index in [-0.39, 0.29) is 57.5 Å². The van der Waals surface area contributed by atoms with E-state index in [0.717, 1.165) is 29.3 Å². The van der Waals surface area contributed by atoms with E-state index in [1.165, 1.54) is 23.1 Å². The van der Waals surface area contributed by atoms with Crippen molar-refractivity contribution in [1.82, 2.24) is 4.90 Å². The number of carbonyl (C=O) groups excluding carboxylic acids is 1. The summed E-state index contributed by atoms with van der Waals surface area (Å²) in [5.74, 6) is -1.25. The topological polar surface area (TPSA) is 94.5 Å². The Balaban J connectivity index is 1.59. The Kier molecular flexibility index (Phi) is 12.1. The molecule has 3 rings (SSSR count). The summed E-state index contributed by atoms with van der Waals surface area (Å²) in [5, 5.41) is 9.26. The van der Waals surface area contributed by atoms with E-state index in [1.807, 2.05) is 0 Å². The highest BCUT2D eigenvalue weighted by molar-refractivity contribution is 5.72. The summed E-state index contributed by atoms with van der Waals surface area (Å²) in [5.41, 5.74) is 0.495. The summed E-state index contributed by atoms with van der Waals surface area (Å²) < 4.78 is 74.1. The molecule has 0 radical (unpaired) electrons. The minimum Gasteiger partial charge on any atom is -0.492 e. The largest absolute Gasteiger partial charge is 0.492 e. The number of carboxylic acid groups (broad SMARTS) is 1.